The number of nitrogens with one attached hydrogen (secondary N) is 1. The zero-order chi connectivity index (χ0) is 8.55. The van der Waals surface area contributed by atoms with Crippen LogP contribution in [0, 0.1) is 5.92 Å². The molecule has 0 bridgehead atoms. The Morgan fingerprint density at radius 1 is 1.67 bits per heavy atom. The summed E-state index contributed by atoms with van der Waals surface area (Å²) < 4.78 is 4.98. The third-order valence-corrected chi connectivity index (χ3v) is 2.21. The third-order valence-electron chi connectivity index (χ3n) is 2.21. The lowest BCUT2D eigenvalue weighted by Crippen LogP contribution is -1.96. The molecule has 0 saturated heterocycles. The molecule has 2 atom stereocenters. The summed E-state index contributed by atoms with van der Waals surface area (Å²) in [6.45, 7) is 5.03. The highest BCUT2D eigenvalue weighted by atomic mass is 16.5. The van der Waals surface area contributed by atoms with E-state index in [0.29, 0.717) is 11.9 Å². The number of hydrogen-bond donors (Lipinski definition) is 1. The van der Waals surface area contributed by atoms with Gasteiger partial charge in [0.2, 0.25) is 0 Å². The lowest BCUT2D eigenvalue weighted by atomic mass is 10.3. The van der Waals surface area contributed by atoms with E-state index in [1.807, 2.05) is 6.92 Å². The van der Waals surface area contributed by atoms with Crippen molar-refractivity contribution in [3.63, 3.8) is 0 Å². The van der Waals surface area contributed by atoms with Crippen LogP contribution < -0.4 is 5.32 Å². The Bertz CT molecular complexity index is 271. The fourth-order valence-corrected chi connectivity index (χ4v) is 1.29. The zero-order valence-corrected chi connectivity index (χ0v) is 7.37. The number of anilines is 1. The molecule has 1 N–H and O–H groups in total. The standard InChI is InChI=1S/C8H13N3O/c1-3-9-8-10-7(11-12-8)6-4-5(6)2/h5-6H,3-4H2,1-2H3,(H,9,10,11). The molecular formula is C8H13N3O. The molecule has 0 spiro atoms. The average molecular weight is 167 g/mol. The lowest BCUT2D eigenvalue weighted by Gasteiger charge is -1.89. The van der Waals surface area contributed by atoms with Gasteiger partial charge in [-0.2, -0.15) is 4.98 Å². The van der Waals surface area contributed by atoms with E-state index in [2.05, 4.69) is 22.4 Å². The Morgan fingerprint density at radius 3 is 3.00 bits per heavy atom. The smallest absolute Gasteiger partial charge is 0.321 e. The highest BCUT2D eigenvalue weighted by Gasteiger charge is 2.37. The van der Waals surface area contributed by atoms with Crippen molar-refractivity contribution in [1.29, 1.82) is 0 Å². The first-order valence-electron chi connectivity index (χ1n) is 4.38. The number of aromatic nitrogens is 2. The average Bonchev–Trinajstić information content (AvgIpc) is 2.62. The van der Waals surface area contributed by atoms with Gasteiger partial charge in [0.1, 0.15) is 0 Å². The second-order valence-corrected chi connectivity index (χ2v) is 3.31. The minimum Gasteiger partial charge on any atom is -0.338 e. The van der Waals surface area contributed by atoms with Gasteiger partial charge in [0, 0.05) is 12.5 Å². The summed E-state index contributed by atoms with van der Waals surface area (Å²) in [5.41, 5.74) is 0. The van der Waals surface area contributed by atoms with Gasteiger partial charge in [-0.15, -0.1) is 0 Å². The Morgan fingerprint density at radius 2 is 2.42 bits per heavy atom. The van der Waals surface area contributed by atoms with Crippen LogP contribution in [0.1, 0.15) is 32.0 Å². The Labute approximate surface area is 71.4 Å². The molecule has 1 aromatic heterocycles. The fraction of sp³-hybridized carbons (Fsp3) is 0.750. The molecule has 1 aliphatic carbocycles. The largest absolute Gasteiger partial charge is 0.338 e. The SMILES string of the molecule is CCNc1nc(C2CC2C)no1. The maximum absolute atomic E-state index is 4.98. The van der Waals surface area contributed by atoms with Crippen LogP contribution in [0.4, 0.5) is 6.01 Å². The molecule has 4 nitrogen and oxygen atoms in total. The summed E-state index contributed by atoms with van der Waals surface area (Å²) in [5.74, 6) is 2.14. The van der Waals surface area contributed by atoms with Gasteiger partial charge in [0.25, 0.3) is 0 Å². The molecule has 0 aliphatic heterocycles. The highest BCUT2D eigenvalue weighted by Crippen LogP contribution is 2.45. The summed E-state index contributed by atoms with van der Waals surface area (Å²) in [7, 11) is 0. The summed E-state index contributed by atoms with van der Waals surface area (Å²) in [4.78, 5) is 4.22. The van der Waals surface area contributed by atoms with E-state index >= 15 is 0 Å². The van der Waals surface area contributed by atoms with Crippen molar-refractivity contribution in [3.05, 3.63) is 5.82 Å². The normalized spacial score (nSPS) is 27.2. The molecule has 1 aromatic rings. The Balaban J connectivity index is 2.04. The summed E-state index contributed by atoms with van der Waals surface area (Å²) in [5, 5.41) is 6.88. The van der Waals surface area contributed by atoms with Crippen LogP contribution in [0.15, 0.2) is 4.52 Å². The minimum atomic E-state index is 0.543. The molecule has 1 saturated carbocycles. The van der Waals surface area contributed by atoms with Gasteiger partial charge in [-0.05, 0) is 19.3 Å². The van der Waals surface area contributed by atoms with E-state index in [1.54, 1.807) is 0 Å². The monoisotopic (exact) mass is 167 g/mol. The van der Waals surface area contributed by atoms with Crippen LogP contribution in [-0.4, -0.2) is 16.7 Å². The number of hydrogen-bond acceptors (Lipinski definition) is 4. The molecule has 0 radical (unpaired) electrons. The van der Waals surface area contributed by atoms with Crippen molar-refractivity contribution in [2.24, 2.45) is 5.92 Å². The topological polar surface area (TPSA) is 51.0 Å². The van der Waals surface area contributed by atoms with E-state index in [1.165, 1.54) is 6.42 Å². The summed E-state index contributed by atoms with van der Waals surface area (Å²) in [6, 6.07) is 0.548. The van der Waals surface area contributed by atoms with Crippen molar-refractivity contribution in [3.8, 4) is 0 Å². The number of nitrogens with zero attached hydrogens (tertiary/aromatic N) is 2. The highest BCUT2D eigenvalue weighted by molar-refractivity contribution is 5.20. The van der Waals surface area contributed by atoms with Gasteiger partial charge in [0.05, 0.1) is 0 Å². The van der Waals surface area contributed by atoms with Crippen LogP contribution in [0.25, 0.3) is 0 Å². The Hall–Kier alpha value is -1.06. The summed E-state index contributed by atoms with van der Waals surface area (Å²) in [6.07, 6.45) is 1.20. The molecule has 1 fully saturated rings. The van der Waals surface area contributed by atoms with Crippen molar-refractivity contribution in [2.45, 2.75) is 26.2 Å². The third kappa shape index (κ3) is 1.29. The van der Waals surface area contributed by atoms with E-state index in [9.17, 15) is 0 Å². The van der Waals surface area contributed by atoms with Crippen molar-refractivity contribution in [1.82, 2.24) is 10.1 Å². The lowest BCUT2D eigenvalue weighted by molar-refractivity contribution is 0.422. The molecule has 66 valence electrons. The molecule has 2 unspecified atom stereocenters. The van der Waals surface area contributed by atoms with Crippen LogP contribution >= 0.6 is 0 Å². The van der Waals surface area contributed by atoms with Gasteiger partial charge in [-0.1, -0.05) is 12.1 Å². The first-order chi connectivity index (χ1) is 5.81. The Kier molecular flexibility index (Phi) is 1.75. The van der Waals surface area contributed by atoms with Gasteiger partial charge < -0.3 is 9.84 Å². The first-order valence-corrected chi connectivity index (χ1v) is 4.38. The van der Waals surface area contributed by atoms with Gasteiger partial charge in [0.15, 0.2) is 5.82 Å². The van der Waals surface area contributed by atoms with Crippen molar-refractivity contribution in [2.75, 3.05) is 11.9 Å². The molecule has 1 aliphatic rings. The predicted octanol–water partition coefficient (Wildman–Crippen LogP) is 1.62. The second-order valence-electron chi connectivity index (χ2n) is 3.31. The van der Waals surface area contributed by atoms with Gasteiger partial charge in [-0.3, -0.25) is 0 Å². The predicted molar refractivity (Wildman–Crippen MR) is 45.0 cm³/mol. The second kappa shape index (κ2) is 2.77. The molecule has 2 rings (SSSR count). The van der Waals surface area contributed by atoms with Gasteiger partial charge in [-0.25, -0.2) is 0 Å². The van der Waals surface area contributed by atoms with E-state index < -0.39 is 0 Å². The van der Waals surface area contributed by atoms with E-state index in [-0.39, 0.29) is 0 Å². The fourth-order valence-electron chi connectivity index (χ4n) is 1.29. The van der Waals surface area contributed by atoms with Crippen molar-refractivity contribution < 1.29 is 4.52 Å². The maximum Gasteiger partial charge on any atom is 0.321 e. The van der Waals surface area contributed by atoms with Crippen molar-refractivity contribution >= 4 is 6.01 Å². The summed E-state index contributed by atoms with van der Waals surface area (Å²) >= 11 is 0. The molecule has 4 heteroatoms. The van der Waals surface area contributed by atoms with Crippen LogP contribution in [0.3, 0.4) is 0 Å². The van der Waals surface area contributed by atoms with Crippen LogP contribution in [-0.2, 0) is 0 Å². The van der Waals surface area contributed by atoms with Crippen LogP contribution in [0.5, 0.6) is 0 Å². The minimum absolute atomic E-state index is 0.543. The quantitative estimate of drug-likeness (QED) is 0.743. The molecule has 1 heterocycles. The molecule has 12 heavy (non-hydrogen) atoms. The zero-order valence-electron chi connectivity index (χ0n) is 7.37. The maximum atomic E-state index is 4.98. The van der Waals surface area contributed by atoms with E-state index in [4.69, 9.17) is 4.52 Å². The first kappa shape index (κ1) is 7.58. The van der Waals surface area contributed by atoms with Gasteiger partial charge >= 0.3 is 6.01 Å². The number of rotatable bonds is 3. The van der Waals surface area contributed by atoms with E-state index in [0.717, 1.165) is 18.3 Å². The molecule has 0 aromatic carbocycles. The molecular weight excluding hydrogens is 154 g/mol. The molecule has 0 amide bonds. The van der Waals surface area contributed by atoms with Crippen LogP contribution in [0.2, 0.25) is 0 Å².